The summed E-state index contributed by atoms with van der Waals surface area (Å²) in [7, 11) is 4.34. The van der Waals surface area contributed by atoms with Gasteiger partial charge in [0.15, 0.2) is 24.7 Å². The topological polar surface area (TPSA) is 354 Å². The van der Waals surface area contributed by atoms with Gasteiger partial charge in [-0.1, -0.05) is 71.1 Å². The second kappa shape index (κ2) is 32.3. The normalized spacial score (nSPS) is 44.3. The summed E-state index contributed by atoms with van der Waals surface area (Å²) in [4.78, 5) is 73.0. The van der Waals surface area contributed by atoms with Gasteiger partial charge in [-0.05, 0) is 107 Å². The minimum absolute atomic E-state index is 0.00297. The first-order valence-corrected chi connectivity index (χ1v) is 30.5. The van der Waals surface area contributed by atoms with Crippen LogP contribution < -0.4 is 0 Å². The standard InChI is InChI=1S/C62H97NO23/c1-31-16-12-11-13-17-32(2)43(78-8)28-39-21-19-37(7)62(77,86-39)56(73)57(74)63-23-15-14-18-40(63)58(75)81-44(29-41(65)33(3)25-36(6)48(67)54(80-10)47(66)35(5)24-31)34(4)26-38-20-22-42(45(27-38)79-9)82-61-53(72)51(70)55(59(76)85-61)84-60-52(71)50(69)49(68)46(30-64)83-60/h11-13,16-17,25,31,33-35,37-40,42-46,48-55,59-61,64,67-72,76-77H,14-15,18-24,26-30H2,1-10H3/b13-11+,16-12-,32-17+,36-25+/t31-,33-,34-,35-,37-,38?,39+,40?,42-,43+,44+,45-,46-,48-,49-,50+,51-,52-,53-,54+,55+,59+,60?,61?,62-/m1/s1. The van der Waals surface area contributed by atoms with Crippen molar-refractivity contribution in [2.45, 2.75) is 242 Å². The molecule has 4 unspecified atom stereocenters. The van der Waals surface area contributed by atoms with Crippen molar-refractivity contribution < 1.29 is 113 Å². The Balaban J connectivity index is 1.22. The molecule has 86 heavy (non-hydrogen) atoms. The quantitative estimate of drug-likeness (QED) is 0.0809. The molecule has 0 radical (unpaired) electrons. The minimum atomic E-state index is -2.51. The fourth-order valence-corrected chi connectivity index (χ4v) is 12.8. The van der Waals surface area contributed by atoms with Crippen LogP contribution in [0.15, 0.2) is 47.6 Å². The second-order valence-corrected chi connectivity index (χ2v) is 24.9. The monoisotopic (exact) mass is 1220 g/mol. The van der Waals surface area contributed by atoms with Crippen molar-refractivity contribution in [1.82, 2.24) is 4.90 Å². The largest absolute Gasteiger partial charge is 0.460 e. The SMILES string of the molecule is CO[C@H]1C[C@@H]2CC[C@@H](C)[C@@](O)(O2)C(=O)C(=O)N2CCCCC2C(=O)O[C@H]([C@H](C)CC2CC[C@@H](OC3O[C@H](O)[C@@H](OC4O[C@H](CO)[C@@H](O)[C@H](O)[C@H]4O)[C@H](O)[C@H]3O)[C@H](OC)C2)CC(=O)[C@H](C)/C=C(\C)[C@@H](O)[C@@H](OC)C(=O)[C@H](C)C[C@H](C)\C=C/C=C/C=C/1C. The van der Waals surface area contributed by atoms with E-state index in [4.69, 9.17) is 42.6 Å². The van der Waals surface area contributed by atoms with Crippen LogP contribution in [0.3, 0.4) is 0 Å². The average molecular weight is 1220 g/mol. The lowest BCUT2D eigenvalue weighted by atomic mass is 9.78. The summed E-state index contributed by atoms with van der Waals surface area (Å²) in [5, 5.41) is 97.5. The molecule has 0 aromatic heterocycles. The summed E-state index contributed by atoms with van der Waals surface area (Å²) in [6.07, 6.45) is -9.11. The van der Waals surface area contributed by atoms with Crippen LogP contribution in [0.5, 0.6) is 0 Å². The van der Waals surface area contributed by atoms with Gasteiger partial charge >= 0.3 is 5.97 Å². The Bertz CT molecular complexity index is 2380. The van der Waals surface area contributed by atoms with E-state index >= 15 is 0 Å². The molecule has 1 amide bonds. The molecule has 0 aromatic rings. The maximum absolute atomic E-state index is 14.7. The number of aliphatic hydroxyl groups excluding tert-OH is 8. The van der Waals surface area contributed by atoms with E-state index in [1.54, 1.807) is 40.9 Å². The Morgan fingerprint density at radius 3 is 2.10 bits per heavy atom. The predicted octanol–water partition coefficient (Wildman–Crippen LogP) is 1.79. The number of carbonyl (C=O) groups excluding carboxylic acids is 5. The number of Topliss-reactive ketones (excluding diaryl/α,β-unsaturated/α-hetero) is 3. The van der Waals surface area contributed by atoms with Gasteiger partial charge in [-0.25, -0.2) is 4.79 Å². The van der Waals surface area contributed by atoms with E-state index in [2.05, 4.69) is 0 Å². The van der Waals surface area contributed by atoms with Crippen molar-refractivity contribution >= 4 is 29.2 Å². The molecule has 6 aliphatic rings. The van der Waals surface area contributed by atoms with Gasteiger partial charge in [0.05, 0.1) is 31.0 Å². The number of fused-ring (bicyclic) bond motifs is 3. The van der Waals surface area contributed by atoms with Gasteiger partial charge in [0, 0.05) is 58.5 Å². The molecule has 488 valence electrons. The number of hydrogen-bond donors (Lipinski definition) is 9. The van der Waals surface area contributed by atoms with E-state index in [0.717, 1.165) is 10.5 Å². The maximum atomic E-state index is 14.7. The zero-order valence-electron chi connectivity index (χ0n) is 51.4. The summed E-state index contributed by atoms with van der Waals surface area (Å²) in [5.41, 5.74) is 1.15. The van der Waals surface area contributed by atoms with Gasteiger partial charge < -0.3 is 93.5 Å². The molecule has 25 atom stereocenters. The van der Waals surface area contributed by atoms with Gasteiger partial charge in [0.1, 0.15) is 72.9 Å². The average Bonchev–Trinajstić information content (AvgIpc) is 1.18. The van der Waals surface area contributed by atoms with Crippen molar-refractivity contribution in [3.8, 4) is 0 Å². The molecule has 24 nitrogen and oxygen atoms in total. The zero-order valence-corrected chi connectivity index (χ0v) is 51.4. The molecule has 2 bridgehead atoms. The van der Waals surface area contributed by atoms with Crippen molar-refractivity contribution in [3.63, 3.8) is 0 Å². The summed E-state index contributed by atoms with van der Waals surface area (Å²) < 4.78 is 52.5. The van der Waals surface area contributed by atoms with Crippen LogP contribution in [0.1, 0.15) is 126 Å². The van der Waals surface area contributed by atoms with Gasteiger partial charge in [-0.2, -0.15) is 0 Å². The van der Waals surface area contributed by atoms with E-state index in [-0.39, 0.29) is 49.2 Å². The zero-order chi connectivity index (χ0) is 63.5. The van der Waals surface area contributed by atoms with E-state index in [9.17, 15) is 69.9 Å². The van der Waals surface area contributed by atoms with E-state index < -0.39 is 164 Å². The molecule has 5 fully saturated rings. The Hall–Kier alpha value is -3.77. The molecular formula is C62H97NO23. The molecule has 4 saturated heterocycles. The Labute approximate surface area is 504 Å². The summed E-state index contributed by atoms with van der Waals surface area (Å²) >= 11 is 0. The summed E-state index contributed by atoms with van der Waals surface area (Å²) in [6, 6.07) is -1.26. The molecule has 24 heteroatoms. The van der Waals surface area contributed by atoms with Crippen molar-refractivity contribution in [1.29, 1.82) is 0 Å². The first kappa shape index (κ1) is 71.3. The third kappa shape index (κ3) is 17.4. The molecule has 5 aliphatic heterocycles. The lowest BCUT2D eigenvalue weighted by molar-refractivity contribution is -0.389. The molecule has 6 rings (SSSR count). The highest BCUT2D eigenvalue weighted by Gasteiger charge is 2.55. The van der Waals surface area contributed by atoms with E-state index in [1.807, 2.05) is 51.2 Å². The summed E-state index contributed by atoms with van der Waals surface area (Å²) in [6.45, 7) is 11.6. The first-order valence-electron chi connectivity index (χ1n) is 30.5. The van der Waals surface area contributed by atoms with Crippen molar-refractivity contribution in [2.24, 2.45) is 35.5 Å². The number of allylic oxidation sites excluding steroid dienone is 6. The highest BCUT2D eigenvalue weighted by molar-refractivity contribution is 6.39. The number of nitrogens with zero attached hydrogens (tertiary/aromatic N) is 1. The van der Waals surface area contributed by atoms with E-state index in [1.165, 1.54) is 14.2 Å². The first-order chi connectivity index (χ1) is 40.7. The predicted molar refractivity (Wildman–Crippen MR) is 306 cm³/mol. The molecule has 0 aromatic carbocycles. The van der Waals surface area contributed by atoms with Gasteiger partial charge in [0.2, 0.25) is 5.79 Å². The number of cyclic esters (lactones) is 1. The number of piperidine rings is 1. The van der Waals surface area contributed by atoms with Crippen LogP contribution in [-0.2, 0) is 66.6 Å². The number of rotatable bonds is 11. The van der Waals surface area contributed by atoms with Crippen molar-refractivity contribution in [3.05, 3.63) is 47.6 Å². The number of ketones is 3. The minimum Gasteiger partial charge on any atom is -0.460 e. The van der Waals surface area contributed by atoms with Crippen LogP contribution >= 0.6 is 0 Å². The fraction of sp³-hybridized carbons (Fsp3) is 0.790. The number of amides is 1. The number of ether oxygens (including phenoxy) is 9. The number of esters is 1. The second-order valence-electron chi connectivity index (χ2n) is 24.9. The van der Waals surface area contributed by atoms with Crippen LogP contribution in [0, 0.1) is 35.5 Å². The Morgan fingerprint density at radius 1 is 0.733 bits per heavy atom. The highest BCUT2D eigenvalue weighted by atomic mass is 16.8. The Morgan fingerprint density at radius 2 is 1.43 bits per heavy atom. The van der Waals surface area contributed by atoms with Gasteiger partial charge in [-0.3, -0.25) is 19.2 Å². The number of methoxy groups -OCH3 is 3. The van der Waals surface area contributed by atoms with Gasteiger partial charge in [-0.15, -0.1) is 0 Å². The Kier molecular flexibility index (Phi) is 26.8. The molecule has 1 saturated carbocycles. The third-order valence-electron chi connectivity index (χ3n) is 18.4. The van der Waals surface area contributed by atoms with Crippen molar-refractivity contribution in [2.75, 3.05) is 34.5 Å². The van der Waals surface area contributed by atoms with Crippen LogP contribution in [0.2, 0.25) is 0 Å². The molecule has 5 heterocycles. The number of aliphatic hydroxyl groups is 9. The lowest BCUT2D eigenvalue weighted by Crippen LogP contribution is -2.64. The molecular weight excluding hydrogens is 1130 g/mol. The summed E-state index contributed by atoms with van der Waals surface area (Å²) in [5.74, 6) is -9.22. The molecule has 0 spiro atoms. The fourth-order valence-electron chi connectivity index (χ4n) is 12.8. The van der Waals surface area contributed by atoms with Crippen LogP contribution in [-0.4, -0.2) is 231 Å². The lowest BCUT2D eigenvalue weighted by Gasteiger charge is -2.46. The maximum Gasteiger partial charge on any atom is 0.329 e. The smallest absolute Gasteiger partial charge is 0.329 e. The highest BCUT2D eigenvalue weighted by Crippen LogP contribution is 2.40. The molecule has 9 N–H and O–H groups in total. The van der Waals surface area contributed by atoms with Gasteiger partial charge in [0.25, 0.3) is 11.7 Å². The number of hydrogen-bond acceptors (Lipinski definition) is 23. The van der Waals surface area contributed by atoms with E-state index in [0.29, 0.717) is 63.4 Å². The molecule has 1 aliphatic carbocycles. The number of carbonyl (C=O) groups is 5. The van der Waals surface area contributed by atoms with Crippen LogP contribution in [0.4, 0.5) is 0 Å². The van der Waals surface area contributed by atoms with Crippen LogP contribution in [0.25, 0.3) is 0 Å². The third-order valence-corrected chi connectivity index (χ3v) is 18.4.